The second kappa shape index (κ2) is 8.05. The predicted octanol–water partition coefficient (Wildman–Crippen LogP) is 1.83. The molecule has 1 nitrogen and oxygen atoms in total. The van der Waals surface area contributed by atoms with Crippen LogP contribution in [0.15, 0.2) is 6.08 Å². The van der Waals surface area contributed by atoms with E-state index in [0.29, 0.717) is 0 Å². The molecule has 1 radical (unpaired) electrons. The van der Waals surface area contributed by atoms with Crippen LogP contribution in [0, 0.1) is 19.9 Å². The summed E-state index contributed by atoms with van der Waals surface area (Å²) in [7, 11) is 0. The summed E-state index contributed by atoms with van der Waals surface area (Å²) >= 11 is 1.44. The fourth-order valence-corrected chi connectivity index (χ4v) is 1.86. The van der Waals surface area contributed by atoms with E-state index in [1.807, 2.05) is 0 Å². The van der Waals surface area contributed by atoms with E-state index in [9.17, 15) is 0 Å². The van der Waals surface area contributed by atoms with Crippen LogP contribution in [0.1, 0.15) is 20.8 Å². The van der Waals surface area contributed by atoms with Crippen LogP contribution < -0.4 is 0 Å². The second-order valence-electron chi connectivity index (χ2n) is 3.88. The van der Waals surface area contributed by atoms with Gasteiger partial charge in [-0.15, -0.1) is 0 Å². The van der Waals surface area contributed by atoms with Crippen molar-refractivity contribution in [3.8, 4) is 0 Å². The molecule has 1 unspecified atom stereocenters. The van der Waals surface area contributed by atoms with E-state index in [2.05, 4.69) is 43.4 Å². The van der Waals surface area contributed by atoms with Crippen molar-refractivity contribution >= 4 is 4.40 Å². The molecule has 0 aromatic rings. The van der Waals surface area contributed by atoms with Crippen molar-refractivity contribution in [2.75, 3.05) is 6.54 Å². The van der Waals surface area contributed by atoms with Crippen LogP contribution in [0.3, 0.4) is 0 Å². The maximum absolute atomic E-state index is 5.60. The van der Waals surface area contributed by atoms with Crippen molar-refractivity contribution in [3.05, 3.63) is 26.0 Å². The van der Waals surface area contributed by atoms with E-state index in [-0.39, 0.29) is 30.1 Å². The Bertz CT molecular complexity index is 175. The van der Waals surface area contributed by atoms with Crippen molar-refractivity contribution < 1.29 is 37.9 Å². The zero-order chi connectivity index (χ0) is 10.5. The summed E-state index contributed by atoms with van der Waals surface area (Å²) in [6.07, 6.45) is 3.83. The quantitative estimate of drug-likeness (QED) is 0.638. The molecule has 0 saturated heterocycles. The van der Waals surface area contributed by atoms with Gasteiger partial charge in [-0.25, -0.2) is 0 Å². The molecule has 0 heterocycles. The molecule has 0 saturated carbocycles. The first kappa shape index (κ1) is 17.2. The van der Waals surface area contributed by atoms with Gasteiger partial charge in [-0.1, -0.05) is 0 Å². The summed E-state index contributed by atoms with van der Waals surface area (Å²) in [5, 5.41) is 0. The molecule has 0 aromatic carbocycles. The molecule has 14 heavy (non-hydrogen) atoms. The average molecular weight is 399 g/mol. The molecule has 0 aliphatic rings. The van der Waals surface area contributed by atoms with Crippen LogP contribution in [0.5, 0.6) is 0 Å². The minimum absolute atomic E-state index is 0. The predicted molar refractivity (Wildman–Crippen MR) is 54.8 cm³/mol. The summed E-state index contributed by atoms with van der Waals surface area (Å²) in [4.78, 5) is 2.26. The summed E-state index contributed by atoms with van der Waals surface area (Å²) in [6, 6.07) is 0.204. The van der Waals surface area contributed by atoms with Crippen LogP contribution in [0.4, 0.5) is 0 Å². The largest absolute Gasteiger partial charge is 2.00 e. The number of nitrogens with zero attached hydrogens (tertiary/aromatic N) is 1. The van der Waals surface area contributed by atoms with Crippen LogP contribution in [-0.2, 0) is 37.9 Å². The standard InChI is InChI=1S/C11H18N.V.W/c1-7-10(8-2)12(9-3)11(4,5)6;;/h1-2,7-8,10H,3,9H2,4-6H3;;/q-3;+2;. The molecule has 0 amide bonds. The Kier molecular flexibility index (Phi) is 9.91. The Morgan fingerprint density at radius 2 is 2.07 bits per heavy atom. The minimum atomic E-state index is 0. The maximum Gasteiger partial charge on any atom is 2.00 e. The second-order valence-corrected chi connectivity index (χ2v) is 4.85. The third-order valence-corrected chi connectivity index (χ3v) is 2.50. The normalized spacial score (nSPS) is 13.2. The van der Waals surface area contributed by atoms with E-state index in [1.54, 1.807) is 6.08 Å². The first-order valence-corrected chi connectivity index (χ1v) is 6.06. The van der Waals surface area contributed by atoms with Gasteiger partial charge in [0.2, 0.25) is 0 Å². The van der Waals surface area contributed by atoms with Gasteiger partial charge in [-0.2, -0.15) is 0 Å². The van der Waals surface area contributed by atoms with Crippen molar-refractivity contribution in [3.63, 3.8) is 0 Å². The van der Waals surface area contributed by atoms with Crippen LogP contribution >= 0.6 is 0 Å². The minimum Gasteiger partial charge on any atom is 2.00 e. The fraction of sp³-hybridized carbons (Fsp3) is 0.545. The average Bonchev–Trinajstić information content (AvgIpc) is 2.01. The Hall–Kier alpha value is 0.843. The number of hydrogen-bond donors (Lipinski definition) is 0. The third-order valence-electron chi connectivity index (χ3n) is 1.94. The van der Waals surface area contributed by atoms with Crippen LogP contribution in [0.25, 0.3) is 0 Å². The molecule has 3 heteroatoms. The van der Waals surface area contributed by atoms with E-state index in [4.69, 9.17) is 6.58 Å². The zero-order valence-corrected chi connectivity index (χ0v) is 13.4. The van der Waals surface area contributed by atoms with Gasteiger partial charge in [0, 0.05) is 0 Å². The monoisotopic (exact) mass is 399 g/mol. The molecule has 1 atom stereocenters. The molecule has 0 aliphatic heterocycles. The molecular weight excluding hydrogens is 381 g/mol. The Balaban J connectivity index is 0. The van der Waals surface area contributed by atoms with E-state index in [0.717, 1.165) is 6.54 Å². The maximum atomic E-state index is 5.60. The van der Waals surface area contributed by atoms with Crippen molar-refractivity contribution in [1.29, 1.82) is 0 Å². The van der Waals surface area contributed by atoms with Crippen LogP contribution in [0.2, 0.25) is 0 Å². The van der Waals surface area contributed by atoms with Crippen LogP contribution in [-0.4, -0.2) is 27.4 Å². The molecule has 0 bridgehead atoms. The Labute approximate surface area is 112 Å². The van der Waals surface area contributed by atoms with Gasteiger partial charge in [0.25, 0.3) is 0 Å². The Morgan fingerprint density at radius 1 is 1.57 bits per heavy atom. The van der Waals surface area contributed by atoms with Gasteiger partial charge in [-0.3, -0.25) is 0 Å². The summed E-state index contributed by atoms with van der Waals surface area (Å²) in [6.45, 7) is 16.8. The molecule has 0 spiro atoms. The zero-order valence-electron chi connectivity index (χ0n) is 9.10. The molecule has 0 N–H and O–H groups in total. The summed E-state index contributed by atoms with van der Waals surface area (Å²) in [5.74, 6) is 0. The van der Waals surface area contributed by atoms with Crippen molar-refractivity contribution in [1.82, 2.24) is 4.90 Å². The van der Waals surface area contributed by atoms with E-state index < -0.39 is 0 Å². The van der Waals surface area contributed by atoms with Gasteiger partial charge in [-0.05, 0) is 0 Å². The van der Waals surface area contributed by atoms with Gasteiger partial charge >= 0.3 is 112 Å². The first-order chi connectivity index (χ1) is 5.97. The molecule has 79 valence electrons. The van der Waals surface area contributed by atoms with Crippen molar-refractivity contribution in [2.45, 2.75) is 32.4 Å². The summed E-state index contributed by atoms with van der Waals surface area (Å²) < 4.78 is 2.10. The van der Waals surface area contributed by atoms with Crippen molar-refractivity contribution in [2.24, 2.45) is 0 Å². The Morgan fingerprint density at radius 3 is 2.29 bits per heavy atom. The smallest absolute Gasteiger partial charge is 2.00 e. The molecule has 0 fully saturated rings. The third kappa shape index (κ3) is 5.66. The number of hydrogen-bond acceptors (Lipinski definition) is 1. The molecular formula is C11H18NVW-. The van der Waals surface area contributed by atoms with Gasteiger partial charge in [0.1, 0.15) is 0 Å². The fourth-order valence-electron chi connectivity index (χ4n) is 1.28. The summed E-state index contributed by atoms with van der Waals surface area (Å²) in [5.41, 5.74) is 0.108. The van der Waals surface area contributed by atoms with E-state index in [1.165, 1.54) is 19.4 Å². The molecule has 0 aromatic heterocycles. The van der Waals surface area contributed by atoms with Gasteiger partial charge in [0.15, 0.2) is 0 Å². The first-order valence-electron chi connectivity index (χ1n) is 4.37. The number of rotatable bonds is 5. The molecule has 0 aliphatic carbocycles. The van der Waals surface area contributed by atoms with E-state index >= 15 is 0 Å². The topological polar surface area (TPSA) is 3.24 Å². The SMILES string of the molecule is [CH-]=CC([CH-][CH]=[W])N(C[CH2-])C(C)(C)C.[V+2]. The molecule has 0 rings (SSSR count). The van der Waals surface area contributed by atoms with Gasteiger partial charge in [0.05, 0.1) is 0 Å². The van der Waals surface area contributed by atoms with Gasteiger partial charge < -0.3 is 0 Å².